The van der Waals surface area contributed by atoms with Crippen LogP contribution in [0.15, 0.2) is 36.4 Å². The van der Waals surface area contributed by atoms with Crippen LogP contribution in [0.4, 0.5) is 0 Å². The van der Waals surface area contributed by atoms with Crippen LogP contribution >= 0.6 is 0 Å². The van der Waals surface area contributed by atoms with Crippen molar-refractivity contribution in [2.24, 2.45) is 0 Å². The summed E-state index contributed by atoms with van der Waals surface area (Å²) in [4.78, 5) is 27.0. The molecule has 2 aromatic carbocycles. The van der Waals surface area contributed by atoms with E-state index in [0.29, 0.717) is 49.8 Å². The molecular formula is C24H29N3O7S. The fraction of sp³-hybridized carbons (Fsp3) is 0.417. The summed E-state index contributed by atoms with van der Waals surface area (Å²) in [6, 6.07) is 10.7. The lowest BCUT2D eigenvalue weighted by Crippen LogP contribution is -2.45. The molecule has 5 rings (SSSR count). The van der Waals surface area contributed by atoms with Crippen molar-refractivity contribution in [2.75, 3.05) is 46.2 Å². The van der Waals surface area contributed by atoms with Gasteiger partial charge in [-0.2, -0.15) is 0 Å². The van der Waals surface area contributed by atoms with E-state index in [0.717, 1.165) is 22.9 Å². The van der Waals surface area contributed by atoms with E-state index in [1.54, 1.807) is 4.90 Å². The van der Waals surface area contributed by atoms with Gasteiger partial charge in [-0.3, -0.25) is 9.59 Å². The molecule has 0 aliphatic carbocycles. The highest BCUT2D eigenvalue weighted by atomic mass is 32.2. The zero-order chi connectivity index (χ0) is 25.0. The van der Waals surface area contributed by atoms with Crippen molar-refractivity contribution in [3.05, 3.63) is 53.1 Å². The van der Waals surface area contributed by atoms with Gasteiger partial charge in [-0.05, 0) is 53.8 Å². The number of ether oxygens (including phenoxy) is 3. The number of sulfonamides is 1. The lowest BCUT2D eigenvalue weighted by atomic mass is 9.87. The SMILES string of the molecule is COc1cc2c3cc1OCC(=O)NCCCOc1cccc(c1)C2N(C(=O)CNS(C)(=O)=O)CC3. The zero-order valence-electron chi connectivity index (χ0n) is 19.7. The van der Waals surface area contributed by atoms with Crippen molar-refractivity contribution in [1.29, 1.82) is 0 Å². The van der Waals surface area contributed by atoms with Gasteiger partial charge < -0.3 is 24.4 Å². The molecule has 3 aliphatic heterocycles. The second kappa shape index (κ2) is 10.5. The quantitative estimate of drug-likeness (QED) is 0.638. The fourth-order valence-electron chi connectivity index (χ4n) is 4.28. The maximum Gasteiger partial charge on any atom is 0.257 e. The normalized spacial score (nSPS) is 18.3. The summed E-state index contributed by atoms with van der Waals surface area (Å²) in [6.45, 7) is 0.734. The summed E-state index contributed by atoms with van der Waals surface area (Å²) < 4.78 is 42.7. The molecule has 0 saturated carbocycles. The molecule has 2 amide bonds. The van der Waals surface area contributed by atoms with E-state index in [-0.39, 0.29) is 25.0 Å². The summed E-state index contributed by atoms with van der Waals surface area (Å²) in [5.74, 6) is 0.934. The minimum absolute atomic E-state index is 0.153. The predicted molar refractivity (Wildman–Crippen MR) is 128 cm³/mol. The van der Waals surface area contributed by atoms with Gasteiger partial charge in [-0.25, -0.2) is 13.1 Å². The molecule has 2 aromatic rings. The number of benzene rings is 2. The number of hydrogen-bond donors (Lipinski definition) is 2. The fourth-order valence-corrected chi connectivity index (χ4v) is 4.67. The Morgan fingerprint density at radius 3 is 2.86 bits per heavy atom. The molecule has 3 heterocycles. The molecule has 1 atom stereocenters. The molecule has 35 heavy (non-hydrogen) atoms. The monoisotopic (exact) mass is 503 g/mol. The number of methoxy groups -OCH3 is 1. The largest absolute Gasteiger partial charge is 0.494 e. The predicted octanol–water partition coefficient (Wildman–Crippen LogP) is 0.996. The zero-order valence-corrected chi connectivity index (χ0v) is 20.5. The highest BCUT2D eigenvalue weighted by Gasteiger charge is 2.34. The topological polar surface area (TPSA) is 123 Å². The number of fused-ring (bicyclic) bond motifs is 8. The van der Waals surface area contributed by atoms with E-state index >= 15 is 0 Å². The Kier molecular flexibility index (Phi) is 7.46. The van der Waals surface area contributed by atoms with E-state index in [1.807, 2.05) is 36.4 Å². The third kappa shape index (κ3) is 6.04. The van der Waals surface area contributed by atoms with Crippen molar-refractivity contribution in [3.8, 4) is 17.2 Å². The highest BCUT2D eigenvalue weighted by molar-refractivity contribution is 7.88. The molecule has 10 nitrogen and oxygen atoms in total. The van der Waals surface area contributed by atoms with E-state index in [9.17, 15) is 18.0 Å². The average molecular weight is 504 g/mol. The van der Waals surface area contributed by atoms with Crippen LogP contribution in [0, 0.1) is 0 Å². The molecule has 2 N–H and O–H groups in total. The molecule has 188 valence electrons. The second-order valence-electron chi connectivity index (χ2n) is 8.45. The van der Waals surface area contributed by atoms with Gasteiger partial charge in [0.05, 0.1) is 32.6 Å². The highest BCUT2D eigenvalue weighted by Crippen LogP contribution is 2.41. The first-order valence-corrected chi connectivity index (χ1v) is 13.2. The number of carbonyl (C=O) groups excluding carboxylic acids is 2. The van der Waals surface area contributed by atoms with Gasteiger partial charge in [0.2, 0.25) is 15.9 Å². The second-order valence-corrected chi connectivity index (χ2v) is 10.3. The van der Waals surface area contributed by atoms with E-state index < -0.39 is 16.1 Å². The maximum absolute atomic E-state index is 13.2. The molecule has 11 heteroatoms. The van der Waals surface area contributed by atoms with Crippen LogP contribution in [0.2, 0.25) is 0 Å². The molecule has 6 bridgehead atoms. The van der Waals surface area contributed by atoms with Crippen LogP contribution in [-0.2, 0) is 26.0 Å². The lowest BCUT2D eigenvalue weighted by Gasteiger charge is -2.38. The van der Waals surface area contributed by atoms with Gasteiger partial charge in [-0.1, -0.05) is 12.1 Å². The molecule has 0 radical (unpaired) electrons. The van der Waals surface area contributed by atoms with Crippen LogP contribution < -0.4 is 24.2 Å². The average Bonchev–Trinajstić information content (AvgIpc) is 2.83. The van der Waals surface area contributed by atoms with Crippen LogP contribution in [0.1, 0.15) is 29.2 Å². The summed E-state index contributed by atoms with van der Waals surface area (Å²) in [7, 11) is -2.02. The summed E-state index contributed by atoms with van der Waals surface area (Å²) in [5, 5.41) is 2.81. The van der Waals surface area contributed by atoms with Crippen LogP contribution in [0.25, 0.3) is 0 Å². The Hall–Kier alpha value is -3.31. The lowest BCUT2D eigenvalue weighted by molar-refractivity contribution is -0.132. The number of carbonyl (C=O) groups is 2. The first-order valence-electron chi connectivity index (χ1n) is 11.3. The first kappa shape index (κ1) is 24.8. The molecule has 0 fully saturated rings. The van der Waals surface area contributed by atoms with Crippen molar-refractivity contribution in [3.63, 3.8) is 0 Å². The summed E-state index contributed by atoms with van der Waals surface area (Å²) in [5.41, 5.74) is 2.61. The minimum Gasteiger partial charge on any atom is -0.494 e. The molecule has 0 aromatic heterocycles. The van der Waals surface area contributed by atoms with Crippen LogP contribution in [-0.4, -0.2) is 71.3 Å². The Bertz CT molecular complexity index is 1220. The van der Waals surface area contributed by atoms with Gasteiger partial charge in [-0.15, -0.1) is 0 Å². The van der Waals surface area contributed by atoms with E-state index in [4.69, 9.17) is 14.2 Å². The Balaban J connectivity index is 1.79. The van der Waals surface area contributed by atoms with Gasteiger partial charge in [0.25, 0.3) is 5.91 Å². The standard InChI is InChI=1S/C24H29N3O7S/c1-32-20-13-19-16-7-9-27(23(29)14-26-35(2,30)31)24(19)17-5-3-6-18(11-17)33-10-4-8-25-22(28)15-34-21(20)12-16/h3,5-6,11-13,24,26H,4,7-10,14-15H2,1-2H3,(H,25,28). The van der Waals surface area contributed by atoms with Gasteiger partial charge in [0.1, 0.15) is 5.75 Å². The van der Waals surface area contributed by atoms with Gasteiger partial charge >= 0.3 is 0 Å². The molecule has 3 aliphatic rings. The number of nitrogens with zero attached hydrogens (tertiary/aromatic N) is 1. The maximum atomic E-state index is 13.2. The van der Waals surface area contributed by atoms with Crippen molar-refractivity contribution in [2.45, 2.75) is 18.9 Å². The molecule has 0 saturated heterocycles. The minimum atomic E-state index is -3.53. The van der Waals surface area contributed by atoms with E-state index in [1.165, 1.54) is 7.11 Å². The van der Waals surface area contributed by atoms with Crippen molar-refractivity contribution < 1.29 is 32.2 Å². The Morgan fingerprint density at radius 2 is 2.09 bits per heavy atom. The molecule has 0 spiro atoms. The Morgan fingerprint density at radius 1 is 1.26 bits per heavy atom. The third-order valence-electron chi connectivity index (χ3n) is 5.90. The number of nitrogens with one attached hydrogen (secondary N) is 2. The summed E-state index contributed by atoms with van der Waals surface area (Å²) >= 11 is 0. The van der Waals surface area contributed by atoms with Gasteiger partial charge in [0, 0.05) is 13.1 Å². The first-order chi connectivity index (χ1) is 16.7. The number of rotatable bonds is 4. The van der Waals surface area contributed by atoms with Crippen LogP contribution in [0.5, 0.6) is 17.2 Å². The van der Waals surface area contributed by atoms with E-state index in [2.05, 4.69) is 10.0 Å². The van der Waals surface area contributed by atoms with Crippen LogP contribution in [0.3, 0.4) is 0 Å². The number of hydrogen-bond acceptors (Lipinski definition) is 7. The van der Waals surface area contributed by atoms with Gasteiger partial charge in [0.15, 0.2) is 18.1 Å². The smallest absolute Gasteiger partial charge is 0.257 e. The third-order valence-corrected chi connectivity index (χ3v) is 6.57. The van der Waals surface area contributed by atoms with Crippen molar-refractivity contribution in [1.82, 2.24) is 14.9 Å². The van der Waals surface area contributed by atoms with Crippen molar-refractivity contribution >= 4 is 21.8 Å². The molecular weight excluding hydrogens is 474 g/mol. The number of amides is 2. The summed E-state index contributed by atoms with van der Waals surface area (Å²) in [6.07, 6.45) is 2.16. The molecule has 1 unspecified atom stereocenters. The Labute approximate surface area is 204 Å².